The van der Waals surface area contributed by atoms with Gasteiger partial charge in [-0.25, -0.2) is 0 Å². The van der Waals surface area contributed by atoms with Gasteiger partial charge >= 0.3 is 0 Å². The summed E-state index contributed by atoms with van der Waals surface area (Å²) in [4.78, 5) is 0. The molecule has 0 aromatic rings. The van der Waals surface area contributed by atoms with Gasteiger partial charge in [0.25, 0.3) is 0 Å². The summed E-state index contributed by atoms with van der Waals surface area (Å²) in [5.41, 5.74) is 0. The van der Waals surface area contributed by atoms with Crippen LogP contribution in [0.2, 0.25) is 0 Å². The van der Waals surface area contributed by atoms with Gasteiger partial charge in [0, 0.05) is 6.54 Å². The second-order valence-electron chi connectivity index (χ2n) is 1.18. The standard InChI is InChI=1S/C5H11NO/c1-2-3-6-4-5-7/h2-3,6-7H,4-5H2,1H3/b3-2+. The molecular formula is C5H11NO. The summed E-state index contributed by atoms with van der Waals surface area (Å²) in [7, 11) is 0. The summed E-state index contributed by atoms with van der Waals surface area (Å²) in [5.74, 6) is 0. The molecule has 0 unspecified atom stereocenters. The molecule has 0 saturated carbocycles. The van der Waals surface area contributed by atoms with Crippen molar-refractivity contribution in [2.75, 3.05) is 13.2 Å². The maximum atomic E-state index is 8.20. The smallest absolute Gasteiger partial charge is 0.0603 e. The second kappa shape index (κ2) is 5.50. The number of rotatable bonds is 3. The Bertz CT molecular complexity index is 52.0. The second-order valence-corrected chi connectivity index (χ2v) is 1.18. The lowest BCUT2D eigenvalue weighted by atomic mass is 10.6. The molecule has 2 heteroatoms. The minimum Gasteiger partial charge on any atom is -0.395 e. The van der Waals surface area contributed by atoms with Crippen LogP contribution in [0.15, 0.2) is 12.3 Å². The molecule has 0 rings (SSSR count). The van der Waals surface area contributed by atoms with Gasteiger partial charge in [-0.1, -0.05) is 6.08 Å². The molecule has 0 aliphatic carbocycles. The summed E-state index contributed by atoms with van der Waals surface area (Å²) in [6, 6.07) is 0. The molecule has 0 atom stereocenters. The number of aliphatic hydroxyl groups is 1. The van der Waals surface area contributed by atoms with Gasteiger partial charge in [0.05, 0.1) is 6.61 Å². The predicted octanol–water partition coefficient (Wildman–Crippen LogP) is 0.102. The largest absolute Gasteiger partial charge is 0.395 e. The van der Waals surface area contributed by atoms with E-state index in [0.717, 1.165) is 0 Å². The van der Waals surface area contributed by atoms with Gasteiger partial charge in [-0.3, -0.25) is 0 Å². The monoisotopic (exact) mass is 101 g/mol. The number of nitrogens with one attached hydrogen (secondary N) is 1. The molecule has 0 fully saturated rings. The van der Waals surface area contributed by atoms with Crippen LogP contribution >= 0.6 is 0 Å². The Labute approximate surface area is 43.9 Å². The number of allylic oxidation sites excluding steroid dienone is 1. The third kappa shape index (κ3) is 5.50. The summed E-state index contributed by atoms with van der Waals surface area (Å²) >= 11 is 0. The minimum atomic E-state index is 0.199. The number of hydrogen-bond donors (Lipinski definition) is 2. The summed E-state index contributed by atoms with van der Waals surface area (Å²) in [6.45, 7) is 2.76. The van der Waals surface area contributed by atoms with E-state index in [0.29, 0.717) is 6.54 Å². The van der Waals surface area contributed by atoms with E-state index in [-0.39, 0.29) is 6.61 Å². The highest BCUT2D eigenvalue weighted by Crippen LogP contribution is 1.60. The molecule has 42 valence electrons. The van der Waals surface area contributed by atoms with Crippen LogP contribution in [-0.4, -0.2) is 18.3 Å². The zero-order chi connectivity index (χ0) is 5.54. The van der Waals surface area contributed by atoms with Crippen LogP contribution in [0.4, 0.5) is 0 Å². The SMILES string of the molecule is C/C=C/NCCO. The first kappa shape index (κ1) is 6.50. The van der Waals surface area contributed by atoms with Gasteiger partial charge in [0.2, 0.25) is 0 Å². The third-order valence-corrected chi connectivity index (χ3v) is 0.541. The Kier molecular flexibility index (Phi) is 5.11. The normalized spacial score (nSPS) is 10.0. The number of aliphatic hydroxyl groups excluding tert-OH is 1. The quantitative estimate of drug-likeness (QED) is 0.494. The first-order valence-electron chi connectivity index (χ1n) is 2.37. The molecule has 0 aliphatic rings. The Morgan fingerprint density at radius 2 is 2.43 bits per heavy atom. The van der Waals surface area contributed by atoms with E-state index >= 15 is 0 Å². The van der Waals surface area contributed by atoms with E-state index in [1.54, 1.807) is 6.20 Å². The molecule has 0 spiro atoms. The van der Waals surface area contributed by atoms with E-state index in [4.69, 9.17) is 5.11 Å². The van der Waals surface area contributed by atoms with Crippen LogP contribution in [-0.2, 0) is 0 Å². The van der Waals surface area contributed by atoms with Gasteiger partial charge in [-0.2, -0.15) is 0 Å². The minimum absolute atomic E-state index is 0.199. The Morgan fingerprint density at radius 3 is 2.86 bits per heavy atom. The van der Waals surface area contributed by atoms with Gasteiger partial charge in [0.1, 0.15) is 0 Å². The first-order valence-corrected chi connectivity index (χ1v) is 2.37. The molecule has 0 radical (unpaired) electrons. The zero-order valence-electron chi connectivity index (χ0n) is 4.52. The van der Waals surface area contributed by atoms with Crippen molar-refractivity contribution in [3.05, 3.63) is 12.3 Å². The zero-order valence-corrected chi connectivity index (χ0v) is 4.52. The van der Waals surface area contributed by atoms with Crippen LogP contribution in [0.25, 0.3) is 0 Å². The Balaban J connectivity index is 2.69. The van der Waals surface area contributed by atoms with Crippen molar-refractivity contribution in [2.24, 2.45) is 0 Å². The van der Waals surface area contributed by atoms with Crippen molar-refractivity contribution in [2.45, 2.75) is 6.92 Å². The molecule has 7 heavy (non-hydrogen) atoms. The van der Waals surface area contributed by atoms with Crippen molar-refractivity contribution < 1.29 is 5.11 Å². The molecule has 0 heterocycles. The Hall–Kier alpha value is -0.500. The van der Waals surface area contributed by atoms with E-state index < -0.39 is 0 Å². The topological polar surface area (TPSA) is 32.3 Å². The fourth-order valence-corrected chi connectivity index (χ4v) is 0.266. The fraction of sp³-hybridized carbons (Fsp3) is 0.600. The molecule has 2 N–H and O–H groups in total. The van der Waals surface area contributed by atoms with E-state index in [9.17, 15) is 0 Å². The van der Waals surface area contributed by atoms with E-state index in [1.807, 2.05) is 13.0 Å². The molecule has 0 saturated heterocycles. The highest BCUT2D eigenvalue weighted by molar-refractivity contribution is 4.72. The van der Waals surface area contributed by atoms with Crippen LogP contribution in [0.5, 0.6) is 0 Å². The van der Waals surface area contributed by atoms with Gasteiger partial charge < -0.3 is 10.4 Å². The predicted molar refractivity (Wildman–Crippen MR) is 29.9 cm³/mol. The van der Waals surface area contributed by atoms with Gasteiger partial charge in [-0.05, 0) is 13.1 Å². The maximum Gasteiger partial charge on any atom is 0.0603 e. The van der Waals surface area contributed by atoms with Crippen molar-refractivity contribution in [1.82, 2.24) is 5.32 Å². The highest BCUT2D eigenvalue weighted by Gasteiger charge is 1.69. The average Bonchev–Trinajstić information content (AvgIpc) is 1.69. The fourth-order valence-electron chi connectivity index (χ4n) is 0.266. The molecule has 0 aliphatic heterocycles. The van der Waals surface area contributed by atoms with Crippen molar-refractivity contribution in [3.63, 3.8) is 0 Å². The number of hydrogen-bond acceptors (Lipinski definition) is 2. The maximum absolute atomic E-state index is 8.20. The highest BCUT2D eigenvalue weighted by atomic mass is 16.3. The molecule has 0 amide bonds. The van der Waals surface area contributed by atoms with Crippen LogP contribution in [0.3, 0.4) is 0 Å². The molecule has 0 aromatic carbocycles. The van der Waals surface area contributed by atoms with Gasteiger partial charge in [-0.15, -0.1) is 0 Å². The Morgan fingerprint density at radius 1 is 1.71 bits per heavy atom. The lowest BCUT2D eigenvalue weighted by Gasteiger charge is -1.90. The van der Waals surface area contributed by atoms with E-state index in [1.165, 1.54) is 0 Å². The third-order valence-electron chi connectivity index (χ3n) is 0.541. The van der Waals surface area contributed by atoms with Crippen LogP contribution in [0, 0.1) is 0 Å². The molecule has 2 nitrogen and oxygen atoms in total. The van der Waals surface area contributed by atoms with Crippen molar-refractivity contribution in [3.8, 4) is 0 Å². The lowest BCUT2D eigenvalue weighted by molar-refractivity contribution is 0.298. The summed E-state index contributed by atoms with van der Waals surface area (Å²) in [5, 5.41) is 11.1. The van der Waals surface area contributed by atoms with Gasteiger partial charge in [0.15, 0.2) is 0 Å². The first-order chi connectivity index (χ1) is 3.41. The molecular weight excluding hydrogens is 90.1 g/mol. The molecule has 0 aromatic heterocycles. The lowest BCUT2D eigenvalue weighted by Crippen LogP contribution is -2.09. The van der Waals surface area contributed by atoms with Crippen molar-refractivity contribution in [1.29, 1.82) is 0 Å². The molecule has 0 bridgehead atoms. The van der Waals surface area contributed by atoms with Crippen LogP contribution in [0.1, 0.15) is 6.92 Å². The summed E-state index contributed by atoms with van der Waals surface area (Å²) < 4.78 is 0. The van der Waals surface area contributed by atoms with E-state index in [2.05, 4.69) is 5.32 Å². The average molecular weight is 101 g/mol. The van der Waals surface area contributed by atoms with Crippen molar-refractivity contribution >= 4 is 0 Å². The summed E-state index contributed by atoms with van der Waals surface area (Å²) in [6.07, 6.45) is 3.69. The van der Waals surface area contributed by atoms with Crippen LogP contribution < -0.4 is 5.32 Å².